The first kappa shape index (κ1) is 16.0. The zero-order valence-electron chi connectivity index (χ0n) is 14.0. The zero-order chi connectivity index (χ0) is 16.1. The topological polar surface area (TPSA) is 41.7 Å². The number of rotatable bonds is 6. The number of aromatic nitrogens is 1. The molecule has 0 bridgehead atoms. The summed E-state index contributed by atoms with van der Waals surface area (Å²) in [7, 11) is 0. The fourth-order valence-electron chi connectivity index (χ4n) is 2.88. The van der Waals surface area contributed by atoms with E-state index < -0.39 is 0 Å². The number of ether oxygens (including phenoxy) is 1. The summed E-state index contributed by atoms with van der Waals surface area (Å²) in [5.74, 6) is 1.92. The second kappa shape index (κ2) is 7.62. The van der Waals surface area contributed by atoms with E-state index in [9.17, 15) is 0 Å². The first-order valence-electron chi connectivity index (χ1n) is 8.25. The van der Waals surface area contributed by atoms with E-state index in [-0.39, 0.29) is 0 Å². The lowest BCUT2D eigenvalue weighted by Crippen LogP contribution is -2.46. The van der Waals surface area contributed by atoms with Crippen LogP contribution in [0.3, 0.4) is 0 Å². The highest BCUT2D eigenvalue weighted by Gasteiger charge is 2.18. The Morgan fingerprint density at radius 2 is 1.87 bits per heavy atom. The molecule has 0 atom stereocenters. The maximum Gasteiger partial charge on any atom is 0.150 e. The molecule has 1 fully saturated rings. The maximum atomic E-state index is 5.84. The molecule has 1 aromatic heterocycles. The summed E-state index contributed by atoms with van der Waals surface area (Å²) in [6.07, 6.45) is 0. The van der Waals surface area contributed by atoms with Crippen LogP contribution in [0.15, 0.2) is 34.9 Å². The van der Waals surface area contributed by atoms with Gasteiger partial charge in [0.1, 0.15) is 12.4 Å². The Kier molecular flexibility index (Phi) is 5.31. The summed E-state index contributed by atoms with van der Waals surface area (Å²) in [6.45, 7) is 10.9. The summed E-state index contributed by atoms with van der Waals surface area (Å²) < 4.78 is 11.1. The van der Waals surface area contributed by atoms with Crippen molar-refractivity contribution < 1.29 is 9.26 Å². The summed E-state index contributed by atoms with van der Waals surface area (Å²) in [4.78, 5) is 4.87. The van der Waals surface area contributed by atoms with E-state index in [0.717, 1.165) is 63.1 Å². The van der Waals surface area contributed by atoms with E-state index >= 15 is 0 Å². The fraction of sp³-hybridized carbons (Fsp3) is 0.500. The highest BCUT2D eigenvalue weighted by Crippen LogP contribution is 2.13. The molecule has 2 heterocycles. The molecule has 0 amide bonds. The van der Waals surface area contributed by atoms with Gasteiger partial charge in [0.05, 0.1) is 12.2 Å². The van der Waals surface area contributed by atoms with Crippen molar-refractivity contribution in [2.24, 2.45) is 0 Å². The number of aryl methyl sites for hydroxylation is 2. The highest BCUT2D eigenvalue weighted by atomic mass is 16.5. The molecule has 3 rings (SSSR count). The monoisotopic (exact) mass is 315 g/mol. The highest BCUT2D eigenvalue weighted by molar-refractivity contribution is 5.27. The van der Waals surface area contributed by atoms with E-state index in [4.69, 9.17) is 9.26 Å². The van der Waals surface area contributed by atoms with Gasteiger partial charge in [0.15, 0.2) is 5.76 Å². The molecule has 1 saturated heterocycles. The van der Waals surface area contributed by atoms with Crippen molar-refractivity contribution in [2.45, 2.75) is 20.4 Å². The molecule has 0 aliphatic carbocycles. The Morgan fingerprint density at radius 3 is 2.57 bits per heavy atom. The van der Waals surface area contributed by atoms with Crippen molar-refractivity contribution in [3.8, 4) is 5.75 Å². The van der Waals surface area contributed by atoms with Crippen LogP contribution in [0.4, 0.5) is 0 Å². The van der Waals surface area contributed by atoms with Gasteiger partial charge in [0.2, 0.25) is 0 Å². The molecular formula is C18H25N3O2. The normalized spacial score (nSPS) is 16.6. The third kappa shape index (κ3) is 4.81. The molecule has 124 valence electrons. The van der Waals surface area contributed by atoms with Crippen molar-refractivity contribution in [3.05, 3.63) is 47.3 Å². The lowest BCUT2D eigenvalue weighted by molar-refractivity contribution is 0.106. The van der Waals surface area contributed by atoms with Gasteiger partial charge >= 0.3 is 0 Å². The van der Waals surface area contributed by atoms with Gasteiger partial charge in [-0.25, -0.2) is 0 Å². The van der Waals surface area contributed by atoms with Crippen LogP contribution in [-0.4, -0.2) is 54.3 Å². The van der Waals surface area contributed by atoms with E-state index in [0.29, 0.717) is 0 Å². The number of piperazine rings is 1. The van der Waals surface area contributed by atoms with Crippen molar-refractivity contribution in [1.29, 1.82) is 0 Å². The van der Waals surface area contributed by atoms with Crippen molar-refractivity contribution in [1.82, 2.24) is 15.0 Å². The molecule has 1 aliphatic rings. The Bertz CT molecular complexity index is 618. The van der Waals surface area contributed by atoms with Crippen molar-refractivity contribution >= 4 is 0 Å². The predicted octanol–water partition coefficient (Wildman–Crippen LogP) is 2.49. The molecular weight excluding hydrogens is 290 g/mol. The molecule has 0 spiro atoms. The minimum absolute atomic E-state index is 0.741. The average Bonchev–Trinajstić information content (AvgIpc) is 2.94. The summed E-state index contributed by atoms with van der Waals surface area (Å²) >= 11 is 0. The average molecular weight is 315 g/mol. The molecule has 5 nitrogen and oxygen atoms in total. The van der Waals surface area contributed by atoms with Crippen LogP contribution in [0.2, 0.25) is 0 Å². The minimum atomic E-state index is 0.741. The fourth-order valence-corrected chi connectivity index (χ4v) is 2.88. The minimum Gasteiger partial charge on any atom is -0.492 e. The van der Waals surface area contributed by atoms with Gasteiger partial charge in [-0.2, -0.15) is 0 Å². The quantitative estimate of drug-likeness (QED) is 0.819. The molecule has 0 saturated carbocycles. The molecule has 23 heavy (non-hydrogen) atoms. The van der Waals surface area contributed by atoms with E-state index in [2.05, 4.69) is 34.0 Å². The van der Waals surface area contributed by atoms with Crippen LogP contribution in [0, 0.1) is 13.8 Å². The third-order valence-corrected chi connectivity index (χ3v) is 4.19. The van der Waals surface area contributed by atoms with Gasteiger partial charge in [-0.15, -0.1) is 0 Å². The lowest BCUT2D eigenvalue weighted by atomic mass is 10.2. The van der Waals surface area contributed by atoms with E-state index in [1.165, 1.54) is 5.56 Å². The Labute approximate surface area is 137 Å². The standard InChI is InChI=1S/C18H25N3O2/c1-15-4-3-5-17(12-15)22-11-10-20-6-8-21(9-7-20)14-18-13-16(2)19-23-18/h3-5,12-13H,6-11,14H2,1-2H3. The predicted molar refractivity (Wildman–Crippen MR) is 89.6 cm³/mol. The first-order valence-corrected chi connectivity index (χ1v) is 8.25. The molecule has 1 aliphatic heterocycles. The van der Waals surface area contributed by atoms with Crippen LogP contribution < -0.4 is 4.74 Å². The van der Waals surface area contributed by atoms with Gasteiger partial charge in [-0.3, -0.25) is 9.80 Å². The van der Waals surface area contributed by atoms with Crippen LogP contribution in [0.5, 0.6) is 5.75 Å². The molecule has 0 unspecified atom stereocenters. The summed E-state index contributed by atoms with van der Waals surface area (Å²) in [5.41, 5.74) is 2.19. The number of hydrogen-bond donors (Lipinski definition) is 0. The largest absolute Gasteiger partial charge is 0.492 e. The summed E-state index contributed by atoms with van der Waals surface area (Å²) in [6, 6.07) is 10.2. The molecule has 0 N–H and O–H groups in total. The van der Waals surface area contributed by atoms with E-state index in [1.54, 1.807) is 0 Å². The number of nitrogens with zero attached hydrogens (tertiary/aromatic N) is 3. The van der Waals surface area contributed by atoms with Crippen molar-refractivity contribution in [3.63, 3.8) is 0 Å². The molecule has 0 radical (unpaired) electrons. The zero-order valence-corrected chi connectivity index (χ0v) is 14.0. The van der Waals surface area contributed by atoms with Crippen LogP contribution in [0.1, 0.15) is 17.0 Å². The maximum absolute atomic E-state index is 5.84. The van der Waals surface area contributed by atoms with Crippen LogP contribution in [0.25, 0.3) is 0 Å². The van der Waals surface area contributed by atoms with Gasteiger partial charge < -0.3 is 9.26 Å². The van der Waals surface area contributed by atoms with Crippen LogP contribution in [-0.2, 0) is 6.54 Å². The second-order valence-corrected chi connectivity index (χ2v) is 6.22. The Hall–Kier alpha value is -1.85. The smallest absolute Gasteiger partial charge is 0.150 e. The molecule has 1 aromatic carbocycles. The Morgan fingerprint density at radius 1 is 1.09 bits per heavy atom. The second-order valence-electron chi connectivity index (χ2n) is 6.22. The molecule has 5 heteroatoms. The van der Waals surface area contributed by atoms with Gasteiger partial charge in [0.25, 0.3) is 0 Å². The van der Waals surface area contributed by atoms with Crippen LogP contribution >= 0.6 is 0 Å². The Balaban J connectivity index is 1.36. The van der Waals surface area contributed by atoms with Gasteiger partial charge in [-0.1, -0.05) is 17.3 Å². The number of benzene rings is 1. The third-order valence-electron chi connectivity index (χ3n) is 4.19. The van der Waals surface area contributed by atoms with E-state index in [1.807, 2.05) is 25.1 Å². The van der Waals surface area contributed by atoms with Gasteiger partial charge in [-0.05, 0) is 31.5 Å². The summed E-state index contributed by atoms with van der Waals surface area (Å²) in [5, 5.41) is 3.94. The number of hydrogen-bond acceptors (Lipinski definition) is 5. The first-order chi connectivity index (χ1) is 11.2. The van der Waals surface area contributed by atoms with Gasteiger partial charge in [0, 0.05) is 38.8 Å². The molecule has 2 aromatic rings. The SMILES string of the molecule is Cc1cccc(OCCN2CCN(Cc3cc(C)no3)CC2)c1. The van der Waals surface area contributed by atoms with Crippen molar-refractivity contribution in [2.75, 3.05) is 39.3 Å². The lowest BCUT2D eigenvalue weighted by Gasteiger charge is -2.33.